The number of hydrogen-bond donors (Lipinski definition) is 2. The minimum absolute atomic E-state index is 0.0910. The van der Waals surface area contributed by atoms with Crippen LogP contribution in [0.25, 0.3) is 0 Å². The number of amides is 1. The van der Waals surface area contributed by atoms with Crippen molar-refractivity contribution in [3.05, 3.63) is 93.0 Å². The van der Waals surface area contributed by atoms with Crippen molar-refractivity contribution in [3.8, 4) is 5.75 Å². The second-order valence-corrected chi connectivity index (χ2v) is 9.60. The van der Waals surface area contributed by atoms with Gasteiger partial charge in [0, 0.05) is 22.7 Å². The minimum atomic E-state index is -1.01. The predicted octanol–water partition coefficient (Wildman–Crippen LogP) is 6.40. The van der Waals surface area contributed by atoms with Crippen LogP contribution in [0.3, 0.4) is 0 Å². The quantitative estimate of drug-likeness (QED) is 0.440. The van der Waals surface area contributed by atoms with Crippen molar-refractivity contribution in [2.24, 2.45) is 0 Å². The number of carbonyl (C=O) groups is 2. The van der Waals surface area contributed by atoms with Crippen LogP contribution < -0.4 is 10.1 Å². The van der Waals surface area contributed by atoms with Crippen molar-refractivity contribution in [1.29, 1.82) is 0 Å². The molecule has 1 amide bonds. The van der Waals surface area contributed by atoms with Gasteiger partial charge in [-0.1, -0.05) is 29.8 Å². The Morgan fingerprint density at radius 2 is 1.69 bits per heavy atom. The van der Waals surface area contributed by atoms with Crippen LogP contribution in [0.4, 0.5) is 5.69 Å². The molecule has 2 N–H and O–H groups in total. The van der Waals surface area contributed by atoms with Gasteiger partial charge >= 0.3 is 5.97 Å². The first kappa shape index (κ1) is 22.1. The summed E-state index contributed by atoms with van der Waals surface area (Å²) < 4.78 is 7.01. The lowest BCUT2D eigenvalue weighted by Gasteiger charge is -2.38. The van der Waals surface area contributed by atoms with Crippen LogP contribution in [-0.2, 0) is 0 Å². The summed E-state index contributed by atoms with van der Waals surface area (Å²) in [6.45, 7) is 6.21. The molecule has 3 aromatic rings. The molecule has 3 aromatic carbocycles. The van der Waals surface area contributed by atoms with E-state index in [1.165, 1.54) is 23.3 Å². The summed E-state index contributed by atoms with van der Waals surface area (Å²) in [6, 6.07) is 18.2. The highest BCUT2D eigenvalue weighted by molar-refractivity contribution is 9.10. The average molecular weight is 494 g/mol. The molecule has 5 nitrogen and oxygen atoms in total. The molecule has 32 heavy (non-hydrogen) atoms. The molecule has 1 atom stereocenters. The van der Waals surface area contributed by atoms with Crippen molar-refractivity contribution in [2.45, 2.75) is 38.7 Å². The Balaban J connectivity index is 1.69. The number of fused-ring (bicyclic) bond motifs is 1. The number of ether oxygens (including phenoxy) is 1. The van der Waals surface area contributed by atoms with Gasteiger partial charge in [-0.05, 0) is 85.1 Å². The van der Waals surface area contributed by atoms with E-state index < -0.39 is 5.97 Å². The molecule has 164 valence electrons. The lowest BCUT2D eigenvalue weighted by Crippen LogP contribution is -2.35. The molecule has 0 saturated heterocycles. The van der Waals surface area contributed by atoms with Crippen LogP contribution in [0.5, 0.6) is 5.75 Å². The molecule has 1 unspecified atom stereocenters. The Bertz CT molecular complexity index is 1180. The summed E-state index contributed by atoms with van der Waals surface area (Å²) in [4.78, 5) is 24.0. The molecule has 0 saturated carbocycles. The number of anilines is 1. The topological polar surface area (TPSA) is 75.6 Å². The molecular weight excluding hydrogens is 470 g/mol. The summed E-state index contributed by atoms with van der Waals surface area (Å²) >= 11 is 3.61. The van der Waals surface area contributed by atoms with Gasteiger partial charge in [0.25, 0.3) is 5.91 Å². The Morgan fingerprint density at radius 3 is 2.31 bits per heavy atom. The fourth-order valence-corrected chi connectivity index (χ4v) is 4.58. The highest BCUT2D eigenvalue weighted by Crippen LogP contribution is 2.47. The number of carboxylic acids is 1. The van der Waals surface area contributed by atoms with E-state index in [0.29, 0.717) is 11.3 Å². The fourth-order valence-electron chi connectivity index (χ4n) is 4.03. The van der Waals surface area contributed by atoms with Crippen LogP contribution in [0.2, 0.25) is 0 Å². The van der Waals surface area contributed by atoms with Gasteiger partial charge in [0.1, 0.15) is 11.4 Å². The number of halogens is 1. The molecule has 6 heteroatoms. The molecule has 0 fully saturated rings. The van der Waals surface area contributed by atoms with E-state index in [9.17, 15) is 9.59 Å². The maximum atomic E-state index is 13.0. The first-order valence-corrected chi connectivity index (χ1v) is 11.2. The summed E-state index contributed by atoms with van der Waals surface area (Å²) in [5, 5.41) is 11.9. The van der Waals surface area contributed by atoms with Crippen molar-refractivity contribution >= 4 is 33.5 Å². The molecule has 0 spiro atoms. The molecule has 0 aliphatic carbocycles. The Kier molecular flexibility index (Phi) is 5.82. The van der Waals surface area contributed by atoms with Gasteiger partial charge in [-0.2, -0.15) is 0 Å². The molecule has 0 bridgehead atoms. The molecule has 1 aliphatic rings. The second kappa shape index (κ2) is 8.43. The van der Waals surface area contributed by atoms with Gasteiger partial charge in [0.05, 0.1) is 10.0 Å². The van der Waals surface area contributed by atoms with Crippen molar-refractivity contribution < 1.29 is 19.4 Å². The highest BCUT2D eigenvalue weighted by atomic mass is 79.9. The largest absolute Gasteiger partial charge is 0.486 e. The first-order chi connectivity index (χ1) is 15.1. The third-order valence-electron chi connectivity index (χ3n) is 5.65. The summed E-state index contributed by atoms with van der Waals surface area (Å²) in [7, 11) is 0. The van der Waals surface area contributed by atoms with Crippen LogP contribution >= 0.6 is 15.9 Å². The van der Waals surface area contributed by atoms with Gasteiger partial charge in [0.2, 0.25) is 0 Å². The third kappa shape index (κ3) is 4.55. The van der Waals surface area contributed by atoms with Gasteiger partial charge in [-0.25, -0.2) is 4.79 Å². The summed E-state index contributed by atoms with van der Waals surface area (Å²) in [5.41, 5.74) is 4.19. The Labute approximate surface area is 195 Å². The fraction of sp³-hybridized carbons (Fsp3) is 0.231. The Morgan fingerprint density at radius 1 is 1.03 bits per heavy atom. The monoisotopic (exact) mass is 493 g/mol. The van der Waals surface area contributed by atoms with Crippen LogP contribution in [0.15, 0.2) is 65.1 Å². The first-order valence-electron chi connectivity index (χ1n) is 10.4. The number of carboxylic acid groups (broad SMARTS) is 1. The van der Waals surface area contributed by atoms with Crippen LogP contribution in [0, 0.1) is 6.92 Å². The molecule has 4 rings (SSSR count). The number of hydrogen-bond acceptors (Lipinski definition) is 3. The average Bonchev–Trinajstić information content (AvgIpc) is 2.74. The van der Waals surface area contributed by atoms with E-state index in [0.717, 1.165) is 22.2 Å². The maximum Gasteiger partial charge on any atom is 0.335 e. The normalized spacial score (nSPS) is 16.6. The number of nitrogens with one attached hydrogen (secondary N) is 1. The lowest BCUT2D eigenvalue weighted by molar-refractivity contribution is 0.0696. The SMILES string of the molecule is Cc1ccc(C2CC(C)(C)Oc3c(Br)cc(C(=O)Nc4ccc(C(=O)O)cc4)cc32)cc1. The standard InChI is InChI=1S/C26H24BrNO4/c1-15-4-6-16(7-5-15)21-14-26(2,3)32-23-20(21)12-18(13-22(23)27)24(29)28-19-10-8-17(9-11-19)25(30)31/h4-13,21H,14H2,1-3H3,(H,28,29)(H,30,31). The number of rotatable bonds is 4. The van der Waals surface area contributed by atoms with E-state index in [-0.39, 0.29) is 23.0 Å². The predicted molar refractivity (Wildman–Crippen MR) is 128 cm³/mol. The van der Waals surface area contributed by atoms with E-state index in [4.69, 9.17) is 9.84 Å². The zero-order valence-electron chi connectivity index (χ0n) is 18.1. The van der Waals surface area contributed by atoms with Gasteiger partial charge in [0.15, 0.2) is 0 Å². The van der Waals surface area contributed by atoms with Crippen LogP contribution in [0.1, 0.15) is 63.6 Å². The second-order valence-electron chi connectivity index (χ2n) is 8.74. The zero-order valence-corrected chi connectivity index (χ0v) is 19.7. The van der Waals surface area contributed by atoms with Gasteiger partial charge < -0.3 is 15.2 Å². The van der Waals surface area contributed by atoms with Crippen molar-refractivity contribution in [3.63, 3.8) is 0 Å². The van der Waals surface area contributed by atoms with E-state index in [1.807, 2.05) is 6.07 Å². The molecule has 0 radical (unpaired) electrons. The number of benzene rings is 3. The highest BCUT2D eigenvalue weighted by Gasteiger charge is 2.36. The summed E-state index contributed by atoms with van der Waals surface area (Å²) in [5.74, 6) is -0.432. The van der Waals surface area contributed by atoms with E-state index in [2.05, 4.69) is 66.3 Å². The number of aryl methyl sites for hydroxylation is 1. The van der Waals surface area contributed by atoms with Crippen LogP contribution in [-0.4, -0.2) is 22.6 Å². The van der Waals surface area contributed by atoms with E-state index >= 15 is 0 Å². The molecule has 1 heterocycles. The minimum Gasteiger partial charge on any atom is -0.486 e. The molecule has 0 aromatic heterocycles. The smallest absolute Gasteiger partial charge is 0.335 e. The lowest BCUT2D eigenvalue weighted by atomic mass is 9.79. The molecular formula is C26H24BrNO4. The number of carbonyl (C=O) groups excluding carboxylic acids is 1. The molecule has 1 aliphatic heterocycles. The Hall–Kier alpha value is -3.12. The van der Waals surface area contributed by atoms with Gasteiger partial charge in [-0.15, -0.1) is 0 Å². The zero-order chi connectivity index (χ0) is 23.0. The maximum absolute atomic E-state index is 13.0. The van der Waals surface area contributed by atoms with E-state index in [1.54, 1.807) is 18.2 Å². The third-order valence-corrected chi connectivity index (χ3v) is 6.24. The summed E-state index contributed by atoms with van der Waals surface area (Å²) in [6.07, 6.45) is 0.789. The van der Waals surface area contributed by atoms with Crippen molar-refractivity contribution in [1.82, 2.24) is 0 Å². The number of aromatic carboxylic acids is 1. The van der Waals surface area contributed by atoms with Crippen molar-refractivity contribution in [2.75, 3.05) is 5.32 Å². The van der Waals surface area contributed by atoms with Gasteiger partial charge in [-0.3, -0.25) is 4.79 Å².